The van der Waals surface area contributed by atoms with Gasteiger partial charge in [0, 0.05) is 6.42 Å². The zero-order chi connectivity index (χ0) is 8.62. The standard InChI is InChI=1S/C6H15NS.C2H6.HI/c1-7(2,3)5-4-6-8;1-2;/h4-6H2,1-3H3;1-2H3;1H. The number of nitrogens with zero attached hydrogens (tertiary/aromatic N) is 1. The van der Waals surface area contributed by atoms with Gasteiger partial charge in [-0.25, -0.2) is 0 Å². The molecule has 0 unspecified atom stereocenters. The summed E-state index contributed by atoms with van der Waals surface area (Å²) < 4.78 is 1.06. The Hall–Kier alpha value is 1.04. The first-order valence-corrected chi connectivity index (χ1v) is 4.61. The van der Waals surface area contributed by atoms with Crippen molar-refractivity contribution in [2.75, 3.05) is 33.4 Å². The second kappa shape index (κ2) is 11.0. The highest BCUT2D eigenvalue weighted by Gasteiger charge is 2.03. The van der Waals surface area contributed by atoms with E-state index in [2.05, 4.69) is 33.8 Å². The molecule has 0 aliphatic carbocycles. The number of hydrogen-bond acceptors (Lipinski definition) is 1. The van der Waals surface area contributed by atoms with Gasteiger partial charge in [-0.2, -0.15) is 12.6 Å². The van der Waals surface area contributed by atoms with Crippen LogP contribution in [0, 0.1) is 0 Å². The average Bonchev–Trinajstić information content (AvgIpc) is 1.87. The van der Waals surface area contributed by atoms with E-state index in [-0.39, 0.29) is 24.0 Å². The average molecular weight is 291 g/mol. The number of halogens is 1. The van der Waals surface area contributed by atoms with Crippen molar-refractivity contribution in [3.63, 3.8) is 0 Å². The molecule has 0 aromatic rings. The summed E-state index contributed by atoms with van der Waals surface area (Å²) >= 11 is 4.12. The van der Waals surface area contributed by atoms with Crippen molar-refractivity contribution in [3.05, 3.63) is 0 Å². The predicted molar refractivity (Wildman–Crippen MR) is 52.7 cm³/mol. The monoisotopic (exact) mass is 291 g/mol. The molecule has 0 aliphatic heterocycles. The summed E-state index contributed by atoms with van der Waals surface area (Å²) in [6.07, 6.45) is 1.21. The van der Waals surface area contributed by atoms with Gasteiger partial charge in [-0.05, 0) is 5.75 Å². The molecule has 0 saturated heterocycles. The molecule has 3 heteroatoms. The van der Waals surface area contributed by atoms with Crippen LogP contribution >= 0.6 is 12.6 Å². The van der Waals surface area contributed by atoms with E-state index in [1.807, 2.05) is 13.8 Å². The van der Waals surface area contributed by atoms with Crippen LogP contribution in [0.15, 0.2) is 0 Å². The Balaban J connectivity index is -0.000000196. The molecule has 72 valence electrons. The highest BCUT2D eigenvalue weighted by molar-refractivity contribution is 7.80. The lowest BCUT2D eigenvalue weighted by atomic mass is 10.4. The molecule has 0 N–H and O–H groups in total. The molecule has 0 rings (SSSR count). The van der Waals surface area contributed by atoms with Gasteiger partial charge in [0.2, 0.25) is 0 Å². The van der Waals surface area contributed by atoms with Gasteiger partial charge in [0.15, 0.2) is 0 Å². The Bertz CT molecular complexity index is 61.6. The number of thiol groups is 1. The molecule has 0 heterocycles. The molecule has 0 spiro atoms. The fraction of sp³-hybridized carbons (Fsp3) is 1.00. The number of hydrogen-bond donors (Lipinski definition) is 1. The summed E-state index contributed by atoms with van der Waals surface area (Å²) in [5, 5.41) is 0. The van der Waals surface area contributed by atoms with E-state index in [4.69, 9.17) is 0 Å². The first kappa shape index (κ1) is 18.0. The first-order valence-electron chi connectivity index (χ1n) is 3.97. The van der Waals surface area contributed by atoms with Crippen molar-refractivity contribution in [3.8, 4) is 0 Å². The van der Waals surface area contributed by atoms with Crippen molar-refractivity contribution in [2.45, 2.75) is 20.3 Å². The molecule has 0 saturated carbocycles. The molecule has 0 radical (unpaired) electrons. The zero-order valence-corrected chi connectivity index (χ0v) is 11.4. The summed E-state index contributed by atoms with van der Waals surface area (Å²) in [5.74, 6) is 1.01. The normalized spacial score (nSPS) is 9.27. The lowest BCUT2D eigenvalue weighted by molar-refractivity contribution is -0.870. The third-order valence-corrected chi connectivity index (χ3v) is 1.30. The second-order valence-electron chi connectivity index (χ2n) is 3.09. The maximum Gasteiger partial charge on any atom is 0.0788 e. The predicted octanol–water partition coefficient (Wildman–Crippen LogP) is -0.957. The zero-order valence-electron chi connectivity index (χ0n) is 8.39. The van der Waals surface area contributed by atoms with Gasteiger partial charge in [-0.15, -0.1) is 0 Å². The molecule has 0 aromatic heterocycles. The van der Waals surface area contributed by atoms with E-state index in [1.54, 1.807) is 0 Å². The van der Waals surface area contributed by atoms with Crippen molar-refractivity contribution >= 4 is 12.6 Å². The van der Waals surface area contributed by atoms with Crippen LogP contribution < -0.4 is 24.0 Å². The SMILES string of the molecule is CC.C[N+](C)(C)CCCS.[I-]. The van der Waals surface area contributed by atoms with Crippen molar-refractivity contribution in [1.82, 2.24) is 0 Å². The molecular formula is C8H22INS. The molecule has 0 atom stereocenters. The largest absolute Gasteiger partial charge is 1.00 e. The highest BCUT2D eigenvalue weighted by atomic mass is 127. The minimum atomic E-state index is 0. The van der Waals surface area contributed by atoms with E-state index < -0.39 is 0 Å². The molecule has 0 bridgehead atoms. The van der Waals surface area contributed by atoms with Crippen LogP contribution in [0.5, 0.6) is 0 Å². The van der Waals surface area contributed by atoms with E-state index in [9.17, 15) is 0 Å². The van der Waals surface area contributed by atoms with Gasteiger partial charge >= 0.3 is 0 Å². The Morgan fingerprint density at radius 3 is 1.55 bits per heavy atom. The number of rotatable bonds is 3. The Labute approximate surface area is 94.6 Å². The summed E-state index contributed by atoms with van der Waals surface area (Å²) in [7, 11) is 6.59. The van der Waals surface area contributed by atoms with Crippen LogP contribution in [0.2, 0.25) is 0 Å². The maximum atomic E-state index is 4.12. The van der Waals surface area contributed by atoms with E-state index in [0.29, 0.717) is 0 Å². The summed E-state index contributed by atoms with van der Waals surface area (Å²) in [6, 6.07) is 0. The van der Waals surface area contributed by atoms with Gasteiger partial charge in [-0.3, -0.25) is 0 Å². The lowest BCUT2D eigenvalue weighted by Gasteiger charge is -2.23. The van der Waals surface area contributed by atoms with Crippen molar-refractivity contribution in [2.24, 2.45) is 0 Å². The van der Waals surface area contributed by atoms with Gasteiger partial charge in [0.25, 0.3) is 0 Å². The summed E-state index contributed by atoms with van der Waals surface area (Å²) in [6.45, 7) is 5.23. The van der Waals surface area contributed by atoms with Gasteiger partial charge in [0.05, 0.1) is 27.7 Å². The minimum Gasteiger partial charge on any atom is -1.00 e. The minimum absolute atomic E-state index is 0. The lowest BCUT2D eigenvalue weighted by Crippen LogP contribution is -3.00. The topological polar surface area (TPSA) is 0 Å². The molecule has 0 aromatic carbocycles. The van der Waals surface area contributed by atoms with Crippen molar-refractivity contribution in [1.29, 1.82) is 0 Å². The van der Waals surface area contributed by atoms with Gasteiger partial charge < -0.3 is 28.5 Å². The molecule has 0 aliphatic rings. The third-order valence-electron chi connectivity index (χ3n) is 0.987. The van der Waals surface area contributed by atoms with Crippen molar-refractivity contribution < 1.29 is 28.5 Å². The van der Waals surface area contributed by atoms with Crippen LogP contribution in [0.1, 0.15) is 20.3 Å². The second-order valence-corrected chi connectivity index (χ2v) is 3.54. The van der Waals surface area contributed by atoms with Gasteiger partial charge in [-0.1, -0.05) is 13.8 Å². The fourth-order valence-corrected chi connectivity index (χ4v) is 0.686. The Morgan fingerprint density at radius 2 is 1.45 bits per heavy atom. The molecule has 1 nitrogen and oxygen atoms in total. The summed E-state index contributed by atoms with van der Waals surface area (Å²) in [5.41, 5.74) is 0. The Morgan fingerprint density at radius 1 is 1.09 bits per heavy atom. The van der Waals surface area contributed by atoms with Crippen LogP contribution in [0.3, 0.4) is 0 Å². The van der Waals surface area contributed by atoms with Gasteiger partial charge in [0.1, 0.15) is 0 Å². The first-order chi connectivity index (χ1) is 4.56. The molecule has 0 fully saturated rings. The fourth-order valence-electron chi connectivity index (χ4n) is 0.545. The third kappa shape index (κ3) is 24.7. The van der Waals surface area contributed by atoms with E-state index in [1.165, 1.54) is 13.0 Å². The van der Waals surface area contributed by atoms with E-state index >= 15 is 0 Å². The summed E-state index contributed by atoms with van der Waals surface area (Å²) in [4.78, 5) is 0. The molecule has 0 amide bonds. The molecule has 11 heavy (non-hydrogen) atoms. The maximum absolute atomic E-state index is 4.12. The molecular weight excluding hydrogens is 269 g/mol. The highest BCUT2D eigenvalue weighted by Crippen LogP contribution is 1.93. The van der Waals surface area contributed by atoms with Crippen LogP contribution in [-0.2, 0) is 0 Å². The van der Waals surface area contributed by atoms with Crippen LogP contribution in [0.4, 0.5) is 0 Å². The van der Waals surface area contributed by atoms with Crippen LogP contribution in [0.25, 0.3) is 0 Å². The van der Waals surface area contributed by atoms with E-state index in [0.717, 1.165) is 10.2 Å². The quantitative estimate of drug-likeness (QED) is 0.387. The Kier molecular flexibility index (Phi) is 18.0. The van der Waals surface area contributed by atoms with Crippen LogP contribution in [-0.4, -0.2) is 37.9 Å². The smallest absolute Gasteiger partial charge is 0.0788 e. The number of quaternary nitrogens is 1.